The van der Waals surface area contributed by atoms with Crippen LogP contribution in [0.2, 0.25) is 0 Å². The lowest BCUT2D eigenvalue weighted by Gasteiger charge is -1.82. The standard InChI is InChI=1S/C7H6N4OS/c1-4-8-7(11-10-4)5-3-13-6(2-12)9-5/h2-3H,1H3,(H,8,10,11). The van der Waals surface area contributed by atoms with Crippen LogP contribution in [-0.2, 0) is 0 Å². The van der Waals surface area contributed by atoms with Crippen LogP contribution >= 0.6 is 11.3 Å². The van der Waals surface area contributed by atoms with Gasteiger partial charge in [0, 0.05) is 5.38 Å². The van der Waals surface area contributed by atoms with Crippen molar-refractivity contribution in [3.05, 3.63) is 16.2 Å². The van der Waals surface area contributed by atoms with E-state index >= 15 is 0 Å². The first kappa shape index (κ1) is 8.06. The summed E-state index contributed by atoms with van der Waals surface area (Å²) in [7, 11) is 0. The molecular formula is C7H6N4OS. The van der Waals surface area contributed by atoms with Gasteiger partial charge in [0.2, 0.25) is 5.82 Å². The van der Waals surface area contributed by atoms with Gasteiger partial charge in [0.25, 0.3) is 0 Å². The van der Waals surface area contributed by atoms with Crippen LogP contribution < -0.4 is 0 Å². The van der Waals surface area contributed by atoms with Crippen LogP contribution in [0.3, 0.4) is 0 Å². The molecule has 0 aromatic carbocycles. The summed E-state index contributed by atoms with van der Waals surface area (Å²) in [6.07, 6.45) is 0.716. The Morgan fingerprint density at radius 2 is 2.38 bits per heavy atom. The molecule has 0 spiro atoms. The molecule has 13 heavy (non-hydrogen) atoms. The number of rotatable bonds is 2. The van der Waals surface area contributed by atoms with Crippen molar-refractivity contribution >= 4 is 17.6 Å². The quantitative estimate of drug-likeness (QED) is 0.725. The van der Waals surface area contributed by atoms with Crippen LogP contribution in [0.1, 0.15) is 15.6 Å². The molecule has 0 aliphatic rings. The number of thiazole rings is 1. The van der Waals surface area contributed by atoms with Crippen LogP contribution in [0.5, 0.6) is 0 Å². The Kier molecular flexibility index (Phi) is 1.90. The molecule has 0 unspecified atom stereocenters. The average molecular weight is 194 g/mol. The van der Waals surface area contributed by atoms with Crippen molar-refractivity contribution in [2.45, 2.75) is 6.92 Å². The molecule has 2 aromatic heterocycles. The summed E-state index contributed by atoms with van der Waals surface area (Å²) in [5, 5.41) is 8.83. The molecule has 5 nitrogen and oxygen atoms in total. The molecule has 0 atom stereocenters. The van der Waals surface area contributed by atoms with E-state index in [-0.39, 0.29) is 0 Å². The number of hydrogen-bond acceptors (Lipinski definition) is 5. The minimum Gasteiger partial charge on any atom is -0.295 e. The van der Waals surface area contributed by atoms with Gasteiger partial charge in [-0.15, -0.1) is 11.3 Å². The molecule has 66 valence electrons. The summed E-state index contributed by atoms with van der Waals surface area (Å²) in [5.74, 6) is 1.26. The number of nitrogens with zero attached hydrogens (tertiary/aromatic N) is 3. The molecule has 0 saturated heterocycles. The largest absolute Gasteiger partial charge is 0.295 e. The summed E-state index contributed by atoms with van der Waals surface area (Å²) in [6, 6.07) is 0. The lowest BCUT2D eigenvalue weighted by atomic mass is 10.5. The molecule has 1 N–H and O–H groups in total. The number of H-pyrrole nitrogens is 1. The molecule has 6 heteroatoms. The summed E-state index contributed by atoms with van der Waals surface area (Å²) < 4.78 is 0. The van der Waals surface area contributed by atoms with E-state index in [0.717, 1.165) is 5.82 Å². The van der Waals surface area contributed by atoms with E-state index in [0.29, 0.717) is 22.8 Å². The molecule has 0 amide bonds. The summed E-state index contributed by atoms with van der Waals surface area (Å²) >= 11 is 1.28. The number of aromatic amines is 1. The SMILES string of the molecule is Cc1nc(-c2csc(C=O)n2)n[nH]1. The highest BCUT2D eigenvalue weighted by atomic mass is 32.1. The van der Waals surface area contributed by atoms with Crippen molar-refractivity contribution < 1.29 is 4.79 Å². The van der Waals surface area contributed by atoms with E-state index in [2.05, 4.69) is 20.2 Å². The Morgan fingerprint density at radius 1 is 1.54 bits per heavy atom. The van der Waals surface area contributed by atoms with Crippen molar-refractivity contribution in [2.24, 2.45) is 0 Å². The fourth-order valence-electron chi connectivity index (χ4n) is 0.902. The highest BCUT2D eigenvalue weighted by Gasteiger charge is 2.07. The second-order valence-corrected chi connectivity index (χ2v) is 3.32. The third-order valence-electron chi connectivity index (χ3n) is 1.45. The fraction of sp³-hybridized carbons (Fsp3) is 0.143. The van der Waals surface area contributed by atoms with Gasteiger partial charge in [0.05, 0.1) is 0 Å². The highest BCUT2D eigenvalue weighted by molar-refractivity contribution is 7.11. The molecule has 0 aliphatic heterocycles. The lowest BCUT2D eigenvalue weighted by Crippen LogP contribution is -1.82. The van der Waals surface area contributed by atoms with Gasteiger partial charge in [0.15, 0.2) is 11.3 Å². The third kappa shape index (κ3) is 1.48. The molecule has 2 rings (SSSR count). The number of aldehydes is 1. The second-order valence-electron chi connectivity index (χ2n) is 2.43. The monoisotopic (exact) mass is 194 g/mol. The topological polar surface area (TPSA) is 71.5 Å². The van der Waals surface area contributed by atoms with Crippen LogP contribution in [0.4, 0.5) is 0 Å². The molecular weight excluding hydrogens is 188 g/mol. The van der Waals surface area contributed by atoms with Crippen LogP contribution in [0.15, 0.2) is 5.38 Å². The predicted molar refractivity (Wildman–Crippen MR) is 47.6 cm³/mol. The van der Waals surface area contributed by atoms with E-state index in [9.17, 15) is 4.79 Å². The first-order chi connectivity index (χ1) is 6.29. The maximum Gasteiger partial charge on any atom is 0.200 e. The van der Waals surface area contributed by atoms with Crippen LogP contribution in [0, 0.1) is 6.92 Å². The minimum atomic E-state index is 0.442. The minimum absolute atomic E-state index is 0.442. The maximum absolute atomic E-state index is 10.4. The van der Waals surface area contributed by atoms with Crippen molar-refractivity contribution in [1.29, 1.82) is 0 Å². The summed E-state index contributed by atoms with van der Waals surface area (Å²) in [4.78, 5) is 18.5. The van der Waals surface area contributed by atoms with E-state index in [4.69, 9.17) is 0 Å². The Bertz CT molecular complexity index is 433. The van der Waals surface area contributed by atoms with Gasteiger partial charge in [-0.1, -0.05) is 0 Å². The molecule has 0 saturated carbocycles. The van der Waals surface area contributed by atoms with E-state index in [1.807, 2.05) is 6.92 Å². The Labute approximate surface area is 77.9 Å². The lowest BCUT2D eigenvalue weighted by molar-refractivity contribution is 0.112. The molecule has 0 aliphatic carbocycles. The number of hydrogen-bond donors (Lipinski definition) is 1. The van der Waals surface area contributed by atoms with Gasteiger partial charge < -0.3 is 0 Å². The molecule has 2 heterocycles. The molecule has 2 aromatic rings. The second kappa shape index (κ2) is 3.06. The normalized spacial score (nSPS) is 10.2. The van der Waals surface area contributed by atoms with Gasteiger partial charge in [-0.05, 0) is 6.92 Å². The van der Waals surface area contributed by atoms with Crippen molar-refractivity contribution in [3.63, 3.8) is 0 Å². The van der Waals surface area contributed by atoms with Gasteiger partial charge in [-0.25, -0.2) is 9.97 Å². The molecule has 0 radical (unpaired) electrons. The predicted octanol–water partition coefficient (Wildman–Crippen LogP) is 1.05. The van der Waals surface area contributed by atoms with Crippen molar-refractivity contribution in [1.82, 2.24) is 20.2 Å². The third-order valence-corrected chi connectivity index (χ3v) is 2.22. The van der Waals surface area contributed by atoms with E-state index in [1.165, 1.54) is 11.3 Å². The Hall–Kier alpha value is -1.56. The maximum atomic E-state index is 10.4. The first-order valence-electron chi connectivity index (χ1n) is 3.59. The van der Waals surface area contributed by atoms with Crippen LogP contribution in [-0.4, -0.2) is 26.5 Å². The van der Waals surface area contributed by atoms with E-state index in [1.54, 1.807) is 5.38 Å². The average Bonchev–Trinajstić information content (AvgIpc) is 2.71. The Balaban J connectivity index is 2.40. The highest BCUT2D eigenvalue weighted by Crippen LogP contribution is 2.16. The van der Waals surface area contributed by atoms with Crippen LogP contribution in [0.25, 0.3) is 11.5 Å². The zero-order chi connectivity index (χ0) is 9.26. The Morgan fingerprint density at radius 3 is 2.92 bits per heavy atom. The number of nitrogens with one attached hydrogen (secondary N) is 1. The summed E-state index contributed by atoms with van der Waals surface area (Å²) in [6.45, 7) is 1.81. The smallest absolute Gasteiger partial charge is 0.200 e. The first-order valence-corrected chi connectivity index (χ1v) is 4.47. The zero-order valence-corrected chi connectivity index (χ0v) is 7.63. The van der Waals surface area contributed by atoms with Crippen molar-refractivity contribution in [2.75, 3.05) is 0 Å². The zero-order valence-electron chi connectivity index (χ0n) is 6.81. The molecule has 0 bridgehead atoms. The number of aryl methyl sites for hydroxylation is 1. The van der Waals surface area contributed by atoms with Gasteiger partial charge >= 0.3 is 0 Å². The number of carbonyl (C=O) groups is 1. The van der Waals surface area contributed by atoms with Crippen molar-refractivity contribution in [3.8, 4) is 11.5 Å². The number of aromatic nitrogens is 4. The fourth-order valence-corrected chi connectivity index (χ4v) is 1.50. The number of carbonyl (C=O) groups excluding carboxylic acids is 1. The van der Waals surface area contributed by atoms with Gasteiger partial charge in [-0.2, -0.15) is 5.10 Å². The summed E-state index contributed by atoms with van der Waals surface area (Å²) in [5.41, 5.74) is 0.636. The van der Waals surface area contributed by atoms with Gasteiger partial charge in [0.1, 0.15) is 11.5 Å². The van der Waals surface area contributed by atoms with E-state index < -0.39 is 0 Å². The van der Waals surface area contributed by atoms with Gasteiger partial charge in [-0.3, -0.25) is 9.89 Å². The molecule has 0 fully saturated rings.